The van der Waals surface area contributed by atoms with E-state index in [1.54, 1.807) is 14.2 Å². The molecule has 0 aromatic heterocycles. The van der Waals surface area contributed by atoms with Gasteiger partial charge in [0.1, 0.15) is 23.8 Å². The van der Waals surface area contributed by atoms with E-state index < -0.39 is 0 Å². The Morgan fingerprint density at radius 3 is 2.15 bits per heavy atom. The SMILES string of the molecule is CCCN1/C(=C\C2=C(O)C(=C\C3=[N+](CCC)c4ccc(OC)cc4C3(C)C)/C2=O)C(C)(C)c2cc(OC)ccc21. The van der Waals surface area contributed by atoms with Gasteiger partial charge in [-0.25, -0.2) is 0 Å². The first-order valence-corrected chi connectivity index (χ1v) is 14.2. The number of carbonyl (C=O) groups is 1. The van der Waals surface area contributed by atoms with Crippen LogP contribution in [0, 0.1) is 0 Å². The number of ether oxygens (including phenoxy) is 2. The molecule has 0 saturated carbocycles. The lowest BCUT2D eigenvalue weighted by Crippen LogP contribution is -2.32. The van der Waals surface area contributed by atoms with Crippen LogP contribution in [-0.2, 0) is 15.6 Å². The molecule has 2 aromatic carbocycles. The van der Waals surface area contributed by atoms with E-state index in [0.29, 0.717) is 11.1 Å². The van der Waals surface area contributed by atoms with Gasteiger partial charge in [-0.05, 0) is 62.2 Å². The molecule has 0 fully saturated rings. The van der Waals surface area contributed by atoms with Crippen LogP contribution in [0.15, 0.2) is 71.2 Å². The highest BCUT2D eigenvalue weighted by molar-refractivity contribution is 6.24. The van der Waals surface area contributed by atoms with Gasteiger partial charge < -0.3 is 19.5 Å². The van der Waals surface area contributed by atoms with Gasteiger partial charge in [-0.2, -0.15) is 4.58 Å². The molecule has 6 nitrogen and oxygen atoms in total. The normalized spacial score (nSPS) is 20.8. The van der Waals surface area contributed by atoms with Crippen LogP contribution < -0.4 is 14.4 Å². The molecule has 0 bridgehead atoms. The van der Waals surface area contributed by atoms with E-state index in [9.17, 15) is 9.90 Å². The van der Waals surface area contributed by atoms with Gasteiger partial charge >= 0.3 is 0 Å². The van der Waals surface area contributed by atoms with Crippen LogP contribution in [0.2, 0.25) is 0 Å². The summed E-state index contributed by atoms with van der Waals surface area (Å²) in [7, 11) is 3.35. The van der Waals surface area contributed by atoms with Crippen molar-refractivity contribution in [2.24, 2.45) is 0 Å². The van der Waals surface area contributed by atoms with Crippen molar-refractivity contribution in [3.8, 4) is 11.5 Å². The average Bonchev–Trinajstić information content (AvgIpc) is 3.28. The molecule has 0 saturated heterocycles. The molecule has 210 valence electrons. The summed E-state index contributed by atoms with van der Waals surface area (Å²) < 4.78 is 13.3. The van der Waals surface area contributed by atoms with Crippen molar-refractivity contribution in [3.63, 3.8) is 0 Å². The second-order valence-electron chi connectivity index (χ2n) is 11.9. The first kappa shape index (κ1) is 27.8. The van der Waals surface area contributed by atoms with Gasteiger partial charge in [-0.3, -0.25) is 4.79 Å². The van der Waals surface area contributed by atoms with Crippen molar-refractivity contribution in [3.05, 3.63) is 82.3 Å². The van der Waals surface area contributed by atoms with Gasteiger partial charge in [-0.1, -0.05) is 27.7 Å². The fraction of sp³-hybridized carbons (Fsp3) is 0.412. The fourth-order valence-electron chi connectivity index (χ4n) is 6.40. The number of aliphatic hydroxyl groups excluding tert-OH is 1. The summed E-state index contributed by atoms with van der Waals surface area (Å²) in [5, 5.41) is 11.3. The third-order valence-electron chi connectivity index (χ3n) is 8.65. The number of allylic oxidation sites excluding steroid dienone is 5. The number of benzene rings is 2. The molecule has 1 N–H and O–H groups in total. The fourth-order valence-corrected chi connectivity index (χ4v) is 6.40. The number of rotatable bonds is 8. The Labute approximate surface area is 237 Å². The van der Waals surface area contributed by atoms with E-state index in [0.717, 1.165) is 71.3 Å². The molecular formula is C34H41N2O4+. The number of methoxy groups -OCH3 is 2. The largest absolute Gasteiger partial charge is 0.506 e. The number of carbonyl (C=O) groups excluding carboxylic acids is 1. The first-order chi connectivity index (χ1) is 19.0. The molecule has 2 aromatic rings. The summed E-state index contributed by atoms with van der Waals surface area (Å²) in [4.78, 5) is 15.9. The van der Waals surface area contributed by atoms with E-state index in [-0.39, 0.29) is 22.4 Å². The van der Waals surface area contributed by atoms with Gasteiger partial charge in [0, 0.05) is 47.5 Å². The molecule has 0 unspecified atom stereocenters. The molecule has 3 aliphatic rings. The van der Waals surface area contributed by atoms with Crippen LogP contribution in [0.1, 0.15) is 65.5 Å². The molecule has 40 heavy (non-hydrogen) atoms. The Morgan fingerprint density at radius 2 is 1.55 bits per heavy atom. The third-order valence-corrected chi connectivity index (χ3v) is 8.65. The Bertz CT molecular complexity index is 1520. The topological polar surface area (TPSA) is 62.0 Å². The summed E-state index contributed by atoms with van der Waals surface area (Å²) >= 11 is 0. The second kappa shape index (κ2) is 9.99. The zero-order chi connectivity index (χ0) is 29.0. The maximum atomic E-state index is 13.6. The molecule has 2 aliphatic heterocycles. The first-order valence-electron chi connectivity index (χ1n) is 14.2. The zero-order valence-corrected chi connectivity index (χ0v) is 25.0. The Hall–Kier alpha value is -3.80. The number of Topliss-reactive ketones (excluding diaryl/α,β-unsaturated/α-hetero) is 1. The van der Waals surface area contributed by atoms with Crippen molar-refractivity contribution in [2.75, 3.05) is 32.2 Å². The maximum absolute atomic E-state index is 13.6. The highest BCUT2D eigenvalue weighted by atomic mass is 16.5. The second-order valence-corrected chi connectivity index (χ2v) is 11.9. The Balaban J connectivity index is 1.58. The molecule has 0 radical (unpaired) electrons. The van der Waals surface area contributed by atoms with E-state index in [2.05, 4.69) is 75.3 Å². The standard InChI is InChI=1S/C34H40N2O4/c1-9-15-35-27-13-11-21(39-7)17-25(27)33(3,4)29(35)19-23-31(37)24(32(23)38)20-30-34(5,6)26-18-22(40-8)12-14-28(26)36(30)16-10-2/h11-14,17-20H,9-10,15-16H2,1-8H3/p+1. The number of hydrogen-bond donors (Lipinski definition) is 1. The molecule has 2 heterocycles. The average molecular weight is 542 g/mol. The number of aliphatic hydroxyl groups is 1. The van der Waals surface area contributed by atoms with Gasteiger partial charge in [0.15, 0.2) is 5.71 Å². The number of fused-ring (bicyclic) bond motifs is 2. The lowest BCUT2D eigenvalue weighted by molar-refractivity contribution is -0.437. The summed E-state index contributed by atoms with van der Waals surface area (Å²) in [5.74, 6) is 1.55. The monoisotopic (exact) mass is 541 g/mol. The quantitative estimate of drug-likeness (QED) is 0.291. The van der Waals surface area contributed by atoms with Crippen molar-refractivity contribution in [1.82, 2.24) is 0 Å². The van der Waals surface area contributed by atoms with Crippen molar-refractivity contribution >= 4 is 22.9 Å². The van der Waals surface area contributed by atoms with Crippen LogP contribution in [-0.4, -0.2) is 48.5 Å². The van der Waals surface area contributed by atoms with E-state index in [1.165, 1.54) is 0 Å². The lowest BCUT2D eigenvalue weighted by Gasteiger charge is -2.29. The predicted molar refractivity (Wildman–Crippen MR) is 161 cm³/mol. The van der Waals surface area contributed by atoms with Crippen LogP contribution in [0.4, 0.5) is 11.4 Å². The van der Waals surface area contributed by atoms with Crippen LogP contribution in [0.5, 0.6) is 11.5 Å². The maximum Gasteiger partial charge on any atom is 0.210 e. The smallest absolute Gasteiger partial charge is 0.210 e. The van der Waals surface area contributed by atoms with Crippen LogP contribution in [0.3, 0.4) is 0 Å². The minimum absolute atomic E-state index is 0.0616. The van der Waals surface area contributed by atoms with Gasteiger partial charge in [-0.15, -0.1) is 0 Å². The number of anilines is 1. The van der Waals surface area contributed by atoms with Crippen molar-refractivity contribution in [2.45, 2.75) is 65.2 Å². The molecular weight excluding hydrogens is 500 g/mol. The molecule has 0 atom stereocenters. The Morgan fingerprint density at radius 1 is 0.900 bits per heavy atom. The van der Waals surface area contributed by atoms with Crippen LogP contribution >= 0.6 is 0 Å². The molecule has 0 amide bonds. The molecule has 6 heteroatoms. The zero-order valence-electron chi connectivity index (χ0n) is 25.0. The van der Waals surface area contributed by atoms with E-state index in [1.807, 2.05) is 24.3 Å². The number of hydrogen-bond acceptors (Lipinski definition) is 5. The van der Waals surface area contributed by atoms with E-state index in [4.69, 9.17) is 9.47 Å². The lowest BCUT2D eigenvalue weighted by atomic mass is 9.77. The van der Waals surface area contributed by atoms with Gasteiger partial charge in [0.25, 0.3) is 0 Å². The highest BCUT2D eigenvalue weighted by Gasteiger charge is 2.47. The summed E-state index contributed by atoms with van der Waals surface area (Å²) in [6.45, 7) is 14.6. The summed E-state index contributed by atoms with van der Waals surface area (Å²) in [6.07, 6.45) is 5.69. The molecule has 1 aliphatic carbocycles. The summed E-state index contributed by atoms with van der Waals surface area (Å²) in [6, 6.07) is 12.3. The predicted octanol–water partition coefficient (Wildman–Crippen LogP) is 6.90. The van der Waals surface area contributed by atoms with E-state index >= 15 is 0 Å². The minimum atomic E-state index is -0.354. The molecule has 0 spiro atoms. The highest BCUT2D eigenvalue weighted by Crippen LogP contribution is 2.50. The molecule has 5 rings (SSSR count). The van der Waals surface area contributed by atoms with Gasteiger partial charge in [0.2, 0.25) is 11.5 Å². The minimum Gasteiger partial charge on any atom is -0.506 e. The van der Waals surface area contributed by atoms with Crippen molar-refractivity contribution in [1.29, 1.82) is 0 Å². The van der Waals surface area contributed by atoms with Crippen molar-refractivity contribution < 1.29 is 24.0 Å². The van der Waals surface area contributed by atoms with Crippen LogP contribution in [0.25, 0.3) is 0 Å². The number of ketones is 1. The number of nitrogens with zero attached hydrogens (tertiary/aromatic N) is 2. The third kappa shape index (κ3) is 4.07. The summed E-state index contributed by atoms with van der Waals surface area (Å²) in [5.41, 5.74) is 6.59. The van der Waals surface area contributed by atoms with Gasteiger partial charge in [0.05, 0.1) is 30.8 Å². The Kier molecular flexibility index (Phi) is 6.93.